The molecule has 1 heterocycles. The average Bonchev–Trinajstić information content (AvgIpc) is 3.15. The standard InChI is InChI=1S/C19H19N3O3/c1-22(15-6-4-3-5-7-15)18(23)13-12-17-20-21-19(25-17)14-8-10-16(24-2)11-9-14/h3-11H,12-13H2,1-2H3. The molecule has 0 aliphatic rings. The Balaban J connectivity index is 1.60. The zero-order chi connectivity index (χ0) is 17.6. The summed E-state index contributed by atoms with van der Waals surface area (Å²) in [4.78, 5) is 13.9. The van der Waals surface area contributed by atoms with Crippen LogP contribution < -0.4 is 9.64 Å². The lowest BCUT2D eigenvalue weighted by molar-refractivity contribution is -0.118. The second-order valence-corrected chi connectivity index (χ2v) is 5.52. The van der Waals surface area contributed by atoms with Gasteiger partial charge in [-0.05, 0) is 36.4 Å². The van der Waals surface area contributed by atoms with Crippen LogP contribution in [0.5, 0.6) is 5.75 Å². The second kappa shape index (κ2) is 7.61. The number of rotatable bonds is 6. The summed E-state index contributed by atoms with van der Waals surface area (Å²) in [7, 11) is 3.37. The van der Waals surface area contributed by atoms with E-state index in [4.69, 9.17) is 9.15 Å². The van der Waals surface area contributed by atoms with E-state index in [1.54, 1.807) is 19.1 Å². The molecule has 128 valence electrons. The quantitative estimate of drug-likeness (QED) is 0.690. The molecule has 25 heavy (non-hydrogen) atoms. The maximum absolute atomic E-state index is 12.3. The topological polar surface area (TPSA) is 68.5 Å². The van der Waals surface area contributed by atoms with Crippen molar-refractivity contribution < 1.29 is 13.9 Å². The van der Waals surface area contributed by atoms with E-state index in [0.717, 1.165) is 17.0 Å². The Hall–Kier alpha value is -3.15. The van der Waals surface area contributed by atoms with E-state index in [0.29, 0.717) is 24.6 Å². The highest BCUT2D eigenvalue weighted by atomic mass is 16.5. The van der Waals surface area contributed by atoms with Gasteiger partial charge in [-0.25, -0.2) is 0 Å². The number of carbonyl (C=O) groups excluding carboxylic acids is 1. The summed E-state index contributed by atoms with van der Waals surface area (Å²) >= 11 is 0. The Kier molecular flexibility index (Phi) is 5.09. The van der Waals surface area contributed by atoms with Crippen LogP contribution in [-0.4, -0.2) is 30.3 Å². The number of benzene rings is 2. The van der Waals surface area contributed by atoms with Gasteiger partial charge >= 0.3 is 0 Å². The molecule has 0 unspecified atom stereocenters. The number of amides is 1. The van der Waals surface area contributed by atoms with Crippen LogP contribution in [0.1, 0.15) is 12.3 Å². The highest BCUT2D eigenvalue weighted by molar-refractivity contribution is 5.92. The van der Waals surface area contributed by atoms with Crippen molar-refractivity contribution in [3.8, 4) is 17.2 Å². The van der Waals surface area contributed by atoms with Crippen LogP contribution in [0.2, 0.25) is 0 Å². The summed E-state index contributed by atoms with van der Waals surface area (Å²) in [6.07, 6.45) is 0.703. The fraction of sp³-hybridized carbons (Fsp3) is 0.211. The van der Waals surface area contributed by atoms with Crippen LogP contribution >= 0.6 is 0 Å². The third kappa shape index (κ3) is 4.03. The molecule has 0 aliphatic carbocycles. The van der Waals surface area contributed by atoms with Gasteiger partial charge in [0.15, 0.2) is 0 Å². The first-order chi connectivity index (χ1) is 12.2. The van der Waals surface area contributed by atoms with Gasteiger partial charge in [0, 0.05) is 31.1 Å². The number of ether oxygens (including phenoxy) is 1. The second-order valence-electron chi connectivity index (χ2n) is 5.52. The molecule has 0 aliphatic heterocycles. The van der Waals surface area contributed by atoms with Gasteiger partial charge in [0.1, 0.15) is 5.75 Å². The van der Waals surface area contributed by atoms with Gasteiger partial charge in [-0.3, -0.25) is 4.79 Å². The van der Waals surface area contributed by atoms with Crippen LogP contribution in [0.25, 0.3) is 11.5 Å². The number of hydrogen-bond acceptors (Lipinski definition) is 5. The van der Waals surface area contributed by atoms with Gasteiger partial charge in [-0.2, -0.15) is 0 Å². The molecule has 0 saturated heterocycles. The Morgan fingerprint density at radius 3 is 2.48 bits per heavy atom. The first-order valence-corrected chi connectivity index (χ1v) is 7.96. The smallest absolute Gasteiger partial charge is 0.247 e. The maximum Gasteiger partial charge on any atom is 0.247 e. The molecule has 1 aromatic heterocycles. The summed E-state index contributed by atoms with van der Waals surface area (Å²) < 4.78 is 10.8. The lowest BCUT2D eigenvalue weighted by atomic mass is 10.2. The molecule has 3 aromatic rings. The van der Waals surface area contributed by atoms with Crippen LogP contribution in [0.15, 0.2) is 59.0 Å². The SMILES string of the molecule is COc1ccc(-c2nnc(CCC(=O)N(C)c3ccccc3)o2)cc1. The minimum Gasteiger partial charge on any atom is -0.497 e. The van der Waals surface area contributed by atoms with Crippen LogP contribution in [-0.2, 0) is 11.2 Å². The molecule has 0 atom stereocenters. The number of carbonyl (C=O) groups is 1. The van der Waals surface area contributed by atoms with Crippen molar-refractivity contribution in [2.45, 2.75) is 12.8 Å². The highest BCUT2D eigenvalue weighted by Gasteiger charge is 2.14. The number of nitrogens with zero attached hydrogens (tertiary/aromatic N) is 3. The number of para-hydroxylation sites is 1. The molecule has 0 N–H and O–H groups in total. The Morgan fingerprint density at radius 2 is 1.80 bits per heavy atom. The summed E-state index contributed by atoms with van der Waals surface area (Å²) in [5.74, 6) is 1.63. The molecule has 2 aromatic carbocycles. The van der Waals surface area contributed by atoms with Gasteiger partial charge in [-0.15, -0.1) is 10.2 Å². The minimum absolute atomic E-state index is 0.00426. The van der Waals surface area contributed by atoms with E-state index >= 15 is 0 Å². The van der Waals surface area contributed by atoms with E-state index in [1.807, 2.05) is 54.6 Å². The average molecular weight is 337 g/mol. The first kappa shape index (κ1) is 16.7. The van der Waals surface area contributed by atoms with E-state index < -0.39 is 0 Å². The molecule has 0 radical (unpaired) electrons. The normalized spacial score (nSPS) is 10.5. The first-order valence-electron chi connectivity index (χ1n) is 7.96. The van der Waals surface area contributed by atoms with Gasteiger partial charge in [0.05, 0.1) is 7.11 Å². The molecule has 6 nitrogen and oxygen atoms in total. The molecule has 6 heteroatoms. The van der Waals surface area contributed by atoms with Crippen molar-refractivity contribution in [2.75, 3.05) is 19.1 Å². The number of hydrogen-bond donors (Lipinski definition) is 0. The number of aryl methyl sites for hydroxylation is 1. The fourth-order valence-electron chi connectivity index (χ4n) is 2.38. The molecular weight excluding hydrogens is 318 g/mol. The summed E-state index contributed by atoms with van der Waals surface area (Å²) in [6.45, 7) is 0. The highest BCUT2D eigenvalue weighted by Crippen LogP contribution is 2.21. The van der Waals surface area contributed by atoms with E-state index in [2.05, 4.69) is 10.2 Å². The Labute approximate surface area is 146 Å². The van der Waals surface area contributed by atoms with Crippen LogP contribution in [0.4, 0.5) is 5.69 Å². The minimum atomic E-state index is -0.00426. The van der Waals surface area contributed by atoms with E-state index in [-0.39, 0.29) is 5.91 Å². The largest absolute Gasteiger partial charge is 0.497 e. The molecule has 0 fully saturated rings. The maximum atomic E-state index is 12.3. The molecule has 0 spiro atoms. The fourth-order valence-corrected chi connectivity index (χ4v) is 2.38. The zero-order valence-electron chi connectivity index (χ0n) is 14.2. The van der Waals surface area contributed by atoms with E-state index in [9.17, 15) is 4.79 Å². The van der Waals surface area contributed by atoms with Crippen molar-refractivity contribution in [1.82, 2.24) is 10.2 Å². The van der Waals surface area contributed by atoms with Crippen molar-refractivity contribution >= 4 is 11.6 Å². The van der Waals surface area contributed by atoms with Crippen molar-refractivity contribution in [3.63, 3.8) is 0 Å². The van der Waals surface area contributed by atoms with Crippen molar-refractivity contribution in [1.29, 1.82) is 0 Å². The van der Waals surface area contributed by atoms with Crippen molar-refractivity contribution in [2.24, 2.45) is 0 Å². The van der Waals surface area contributed by atoms with E-state index in [1.165, 1.54) is 0 Å². The zero-order valence-corrected chi connectivity index (χ0v) is 14.2. The number of anilines is 1. The lowest BCUT2D eigenvalue weighted by Crippen LogP contribution is -2.26. The molecule has 0 saturated carbocycles. The summed E-state index contributed by atoms with van der Waals surface area (Å²) in [5, 5.41) is 8.06. The van der Waals surface area contributed by atoms with Gasteiger partial charge in [0.25, 0.3) is 0 Å². The summed E-state index contributed by atoms with van der Waals surface area (Å²) in [6, 6.07) is 16.9. The Morgan fingerprint density at radius 1 is 1.08 bits per heavy atom. The third-order valence-electron chi connectivity index (χ3n) is 3.87. The molecule has 1 amide bonds. The predicted molar refractivity (Wildman–Crippen MR) is 94.5 cm³/mol. The Bertz CT molecular complexity index is 829. The predicted octanol–water partition coefficient (Wildman–Crippen LogP) is 3.34. The third-order valence-corrected chi connectivity index (χ3v) is 3.87. The molecule has 0 bridgehead atoms. The summed E-state index contributed by atoms with van der Waals surface area (Å²) in [5.41, 5.74) is 1.67. The molecular formula is C19H19N3O3. The van der Waals surface area contributed by atoms with Crippen molar-refractivity contribution in [3.05, 3.63) is 60.5 Å². The van der Waals surface area contributed by atoms with Crippen LogP contribution in [0, 0.1) is 0 Å². The number of aromatic nitrogens is 2. The molecule has 3 rings (SSSR count). The monoisotopic (exact) mass is 337 g/mol. The van der Waals surface area contributed by atoms with Gasteiger partial charge < -0.3 is 14.1 Å². The van der Waals surface area contributed by atoms with Crippen LogP contribution in [0.3, 0.4) is 0 Å². The number of methoxy groups -OCH3 is 1. The lowest BCUT2D eigenvalue weighted by Gasteiger charge is -2.16. The van der Waals surface area contributed by atoms with Gasteiger partial charge in [-0.1, -0.05) is 18.2 Å². The van der Waals surface area contributed by atoms with Gasteiger partial charge in [0.2, 0.25) is 17.7 Å².